The third-order valence-electron chi connectivity index (χ3n) is 3.51. The van der Waals surface area contributed by atoms with Gasteiger partial charge in [-0.3, -0.25) is 4.79 Å². The lowest BCUT2D eigenvalue weighted by atomic mass is 10.1. The number of rotatable bonds is 5. The van der Waals surface area contributed by atoms with E-state index in [1.54, 1.807) is 18.7 Å². The summed E-state index contributed by atoms with van der Waals surface area (Å²) >= 11 is 1.77. The van der Waals surface area contributed by atoms with Crippen molar-refractivity contribution in [2.24, 2.45) is 0 Å². The van der Waals surface area contributed by atoms with Crippen LogP contribution in [-0.4, -0.2) is 36.2 Å². The van der Waals surface area contributed by atoms with Gasteiger partial charge < -0.3 is 14.6 Å². The minimum Gasteiger partial charge on any atom is -0.464 e. The van der Waals surface area contributed by atoms with Crippen LogP contribution in [0.1, 0.15) is 31.3 Å². The molecule has 5 heteroatoms. The van der Waals surface area contributed by atoms with Crippen LogP contribution in [0.15, 0.2) is 16.5 Å². The summed E-state index contributed by atoms with van der Waals surface area (Å²) in [6, 6.07) is 4.58. The Morgan fingerprint density at radius 1 is 1.42 bits per heavy atom. The molecule has 0 saturated carbocycles. The number of nitrogens with one attached hydrogen (secondary N) is 1. The van der Waals surface area contributed by atoms with Gasteiger partial charge in [-0.2, -0.15) is 11.8 Å². The number of piperidine rings is 1. The number of furan rings is 1. The van der Waals surface area contributed by atoms with Gasteiger partial charge in [0.15, 0.2) is 0 Å². The molecule has 0 unspecified atom stereocenters. The molecule has 4 nitrogen and oxygen atoms in total. The summed E-state index contributed by atoms with van der Waals surface area (Å²) in [6.07, 6.45) is 4.12. The first-order valence-electron chi connectivity index (χ1n) is 6.74. The molecule has 1 amide bonds. The second-order valence-corrected chi connectivity index (χ2v) is 5.83. The van der Waals surface area contributed by atoms with Gasteiger partial charge in [0.2, 0.25) is 5.91 Å². The molecule has 106 valence electrons. The number of likely N-dealkylation sites (tertiary alicyclic amines) is 1. The molecular formula is C14H22N2O2S. The first-order chi connectivity index (χ1) is 9.19. The van der Waals surface area contributed by atoms with Crippen molar-refractivity contribution in [1.29, 1.82) is 0 Å². The van der Waals surface area contributed by atoms with Crippen LogP contribution in [0.2, 0.25) is 0 Å². The number of hydrogen-bond donors (Lipinski definition) is 1. The zero-order chi connectivity index (χ0) is 13.7. The van der Waals surface area contributed by atoms with Crippen molar-refractivity contribution in [2.75, 3.05) is 19.3 Å². The topological polar surface area (TPSA) is 45.5 Å². The smallest absolute Gasteiger partial charge is 0.219 e. The fourth-order valence-electron chi connectivity index (χ4n) is 2.38. The summed E-state index contributed by atoms with van der Waals surface area (Å²) in [6.45, 7) is 4.15. The first-order valence-corrected chi connectivity index (χ1v) is 8.14. The van der Waals surface area contributed by atoms with E-state index in [0.29, 0.717) is 6.04 Å². The van der Waals surface area contributed by atoms with Gasteiger partial charge in [0.05, 0.1) is 12.3 Å². The average Bonchev–Trinajstić information content (AvgIpc) is 2.85. The van der Waals surface area contributed by atoms with Crippen LogP contribution >= 0.6 is 11.8 Å². The number of carbonyl (C=O) groups is 1. The van der Waals surface area contributed by atoms with Crippen molar-refractivity contribution in [3.63, 3.8) is 0 Å². The van der Waals surface area contributed by atoms with Crippen molar-refractivity contribution in [2.45, 2.75) is 38.1 Å². The zero-order valence-electron chi connectivity index (χ0n) is 11.6. The second-order valence-electron chi connectivity index (χ2n) is 4.96. The molecular weight excluding hydrogens is 260 g/mol. The SMILES string of the molecule is CSCc1ccc(CNC2CCN(C(C)=O)CC2)o1. The Morgan fingerprint density at radius 3 is 2.74 bits per heavy atom. The Morgan fingerprint density at radius 2 is 2.11 bits per heavy atom. The molecule has 1 aliphatic heterocycles. The fourth-order valence-corrected chi connectivity index (χ4v) is 2.82. The van der Waals surface area contributed by atoms with E-state index in [1.165, 1.54) is 0 Å². The molecule has 0 spiro atoms. The van der Waals surface area contributed by atoms with Crippen LogP contribution in [0.25, 0.3) is 0 Å². The first kappa shape index (κ1) is 14.5. The van der Waals surface area contributed by atoms with E-state index in [0.717, 1.165) is 49.7 Å². The molecule has 1 saturated heterocycles. The van der Waals surface area contributed by atoms with Crippen molar-refractivity contribution in [3.8, 4) is 0 Å². The quantitative estimate of drug-likeness (QED) is 0.899. The van der Waals surface area contributed by atoms with E-state index in [2.05, 4.69) is 11.6 Å². The summed E-state index contributed by atoms with van der Waals surface area (Å²) in [5.74, 6) is 3.15. The highest BCUT2D eigenvalue weighted by molar-refractivity contribution is 7.97. The molecule has 2 heterocycles. The van der Waals surface area contributed by atoms with E-state index in [1.807, 2.05) is 17.0 Å². The lowest BCUT2D eigenvalue weighted by Crippen LogP contribution is -2.43. The lowest BCUT2D eigenvalue weighted by Gasteiger charge is -2.31. The summed E-state index contributed by atoms with van der Waals surface area (Å²) in [7, 11) is 0. The number of nitrogens with zero attached hydrogens (tertiary/aromatic N) is 1. The van der Waals surface area contributed by atoms with Crippen LogP contribution in [0.5, 0.6) is 0 Å². The number of hydrogen-bond acceptors (Lipinski definition) is 4. The predicted octanol–water partition coefficient (Wildman–Crippen LogP) is 2.24. The van der Waals surface area contributed by atoms with Gasteiger partial charge in [-0.15, -0.1) is 0 Å². The molecule has 0 aliphatic carbocycles. The van der Waals surface area contributed by atoms with Gasteiger partial charge in [-0.25, -0.2) is 0 Å². The number of carbonyl (C=O) groups excluding carboxylic acids is 1. The molecule has 0 bridgehead atoms. The van der Waals surface area contributed by atoms with Crippen LogP contribution in [0, 0.1) is 0 Å². The van der Waals surface area contributed by atoms with Gasteiger partial charge in [-0.05, 0) is 31.2 Å². The summed E-state index contributed by atoms with van der Waals surface area (Å²) < 4.78 is 5.73. The average molecular weight is 282 g/mol. The van der Waals surface area contributed by atoms with E-state index in [4.69, 9.17) is 4.42 Å². The molecule has 0 atom stereocenters. The summed E-state index contributed by atoms with van der Waals surface area (Å²) in [5.41, 5.74) is 0. The van der Waals surface area contributed by atoms with Crippen molar-refractivity contribution in [1.82, 2.24) is 10.2 Å². The Bertz CT molecular complexity index is 411. The largest absolute Gasteiger partial charge is 0.464 e. The molecule has 0 radical (unpaired) electrons. The Labute approximate surface area is 118 Å². The maximum atomic E-state index is 11.2. The third kappa shape index (κ3) is 4.28. The van der Waals surface area contributed by atoms with E-state index in [9.17, 15) is 4.79 Å². The predicted molar refractivity (Wildman–Crippen MR) is 78.0 cm³/mol. The molecule has 1 aliphatic rings. The maximum Gasteiger partial charge on any atom is 0.219 e. The number of thioether (sulfide) groups is 1. The minimum absolute atomic E-state index is 0.186. The van der Waals surface area contributed by atoms with Crippen LogP contribution in [0.3, 0.4) is 0 Å². The second kappa shape index (κ2) is 7.01. The van der Waals surface area contributed by atoms with Gasteiger partial charge >= 0.3 is 0 Å². The molecule has 2 rings (SSSR count). The van der Waals surface area contributed by atoms with Crippen LogP contribution < -0.4 is 5.32 Å². The van der Waals surface area contributed by atoms with E-state index < -0.39 is 0 Å². The highest BCUT2D eigenvalue weighted by Crippen LogP contribution is 2.15. The summed E-state index contributed by atoms with van der Waals surface area (Å²) in [4.78, 5) is 13.2. The van der Waals surface area contributed by atoms with Crippen molar-refractivity contribution >= 4 is 17.7 Å². The monoisotopic (exact) mass is 282 g/mol. The van der Waals surface area contributed by atoms with E-state index in [-0.39, 0.29) is 5.91 Å². The van der Waals surface area contributed by atoms with E-state index >= 15 is 0 Å². The molecule has 1 N–H and O–H groups in total. The van der Waals surface area contributed by atoms with Gasteiger partial charge in [0.1, 0.15) is 11.5 Å². The van der Waals surface area contributed by atoms with Crippen molar-refractivity contribution < 1.29 is 9.21 Å². The normalized spacial score (nSPS) is 16.8. The molecule has 1 fully saturated rings. The number of amides is 1. The molecule has 1 aromatic heterocycles. The minimum atomic E-state index is 0.186. The lowest BCUT2D eigenvalue weighted by molar-refractivity contribution is -0.129. The molecule has 19 heavy (non-hydrogen) atoms. The highest BCUT2D eigenvalue weighted by Gasteiger charge is 2.20. The molecule has 1 aromatic rings. The maximum absolute atomic E-state index is 11.2. The standard InChI is InChI=1S/C14H22N2O2S/c1-11(17)16-7-5-12(6-8-16)15-9-13-3-4-14(18-13)10-19-2/h3-4,12,15H,5-10H2,1-2H3. The van der Waals surface area contributed by atoms with Gasteiger partial charge in [-0.1, -0.05) is 0 Å². The Hall–Kier alpha value is -0.940. The Kier molecular flexibility index (Phi) is 5.34. The van der Waals surface area contributed by atoms with Crippen molar-refractivity contribution in [3.05, 3.63) is 23.7 Å². The van der Waals surface area contributed by atoms with Crippen LogP contribution in [0.4, 0.5) is 0 Å². The molecule has 0 aromatic carbocycles. The third-order valence-corrected chi connectivity index (χ3v) is 4.08. The van der Waals surface area contributed by atoms with Crippen LogP contribution in [-0.2, 0) is 17.1 Å². The fraction of sp³-hybridized carbons (Fsp3) is 0.643. The highest BCUT2D eigenvalue weighted by atomic mass is 32.2. The Balaban J connectivity index is 1.72. The van der Waals surface area contributed by atoms with Gasteiger partial charge in [0.25, 0.3) is 0 Å². The zero-order valence-corrected chi connectivity index (χ0v) is 12.5. The summed E-state index contributed by atoms with van der Waals surface area (Å²) in [5, 5.41) is 3.51. The van der Waals surface area contributed by atoms with Gasteiger partial charge in [0, 0.05) is 26.1 Å².